The van der Waals surface area contributed by atoms with Gasteiger partial charge in [0.25, 0.3) is 0 Å². The van der Waals surface area contributed by atoms with Crippen LogP contribution in [0, 0.1) is 0 Å². The lowest BCUT2D eigenvalue weighted by molar-refractivity contribution is 0.105. The quantitative estimate of drug-likeness (QED) is 0.383. The standard InChI is InChI=1S/C7H10NO4P/c8-6-3-1-2-4-7(6)11-5-12-13(9)10/h1-4,9-10H,5,8H2. The third-order valence-electron chi connectivity index (χ3n) is 1.30. The molecule has 0 bridgehead atoms. The Bertz CT molecular complexity index is 268. The first-order valence-electron chi connectivity index (χ1n) is 3.48. The number of hydrogen-bond acceptors (Lipinski definition) is 5. The molecule has 0 atom stereocenters. The van der Waals surface area contributed by atoms with Crippen LogP contribution in [-0.4, -0.2) is 16.6 Å². The lowest BCUT2D eigenvalue weighted by atomic mass is 10.3. The van der Waals surface area contributed by atoms with Gasteiger partial charge in [0.1, 0.15) is 5.75 Å². The van der Waals surface area contributed by atoms with Crippen molar-refractivity contribution in [2.24, 2.45) is 0 Å². The summed E-state index contributed by atoms with van der Waals surface area (Å²) in [4.78, 5) is 16.8. The van der Waals surface area contributed by atoms with Crippen molar-refractivity contribution in [1.82, 2.24) is 0 Å². The molecule has 0 fully saturated rings. The summed E-state index contributed by atoms with van der Waals surface area (Å²) in [7, 11) is -2.37. The summed E-state index contributed by atoms with van der Waals surface area (Å²) in [5, 5.41) is 0. The summed E-state index contributed by atoms with van der Waals surface area (Å²) in [6, 6.07) is 6.87. The fourth-order valence-electron chi connectivity index (χ4n) is 0.749. The number of nitrogens with two attached hydrogens (primary N) is 1. The summed E-state index contributed by atoms with van der Waals surface area (Å²) >= 11 is 0. The Hall–Kier alpha value is -0.870. The number of hydrogen-bond donors (Lipinski definition) is 3. The zero-order valence-corrected chi connectivity index (χ0v) is 7.65. The van der Waals surface area contributed by atoms with E-state index >= 15 is 0 Å². The Morgan fingerprint density at radius 3 is 2.62 bits per heavy atom. The Balaban J connectivity index is 2.41. The van der Waals surface area contributed by atoms with Crippen LogP contribution in [0.4, 0.5) is 5.69 Å². The molecule has 0 aliphatic rings. The van der Waals surface area contributed by atoms with Gasteiger partial charge in [0.05, 0.1) is 5.69 Å². The molecule has 0 radical (unpaired) electrons. The molecule has 0 heterocycles. The van der Waals surface area contributed by atoms with E-state index in [0.29, 0.717) is 11.4 Å². The molecule has 4 N–H and O–H groups in total. The number of nitrogen functional groups attached to an aromatic ring is 1. The second-order valence-electron chi connectivity index (χ2n) is 2.18. The fraction of sp³-hybridized carbons (Fsp3) is 0.143. The average Bonchev–Trinajstić information content (AvgIpc) is 2.08. The summed E-state index contributed by atoms with van der Waals surface area (Å²) in [5.74, 6) is 0.458. The molecule has 0 unspecified atom stereocenters. The number of anilines is 1. The second-order valence-corrected chi connectivity index (χ2v) is 2.95. The molecule has 1 rings (SSSR count). The lowest BCUT2D eigenvalue weighted by Gasteiger charge is -2.08. The molecular weight excluding hydrogens is 193 g/mol. The predicted molar refractivity (Wildman–Crippen MR) is 48.8 cm³/mol. The average molecular weight is 203 g/mol. The van der Waals surface area contributed by atoms with Crippen molar-refractivity contribution < 1.29 is 19.0 Å². The second kappa shape index (κ2) is 4.99. The van der Waals surface area contributed by atoms with Crippen LogP contribution < -0.4 is 10.5 Å². The van der Waals surface area contributed by atoms with E-state index < -0.39 is 8.60 Å². The van der Waals surface area contributed by atoms with Crippen LogP contribution in [0.2, 0.25) is 0 Å². The van der Waals surface area contributed by atoms with E-state index in [4.69, 9.17) is 20.3 Å². The Morgan fingerprint density at radius 1 is 1.31 bits per heavy atom. The van der Waals surface area contributed by atoms with Crippen LogP contribution in [0.1, 0.15) is 0 Å². The maximum Gasteiger partial charge on any atom is 0.330 e. The maximum atomic E-state index is 8.39. The molecule has 1 aromatic rings. The van der Waals surface area contributed by atoms with E-state index in [9.17, 15) is 0 Å². The Morgan fingerprint density at radius 2 is 2.00 bits per heavy atom. The van der Waals surface area contributed by atoms with Crippen LogP contribution in [-0.2, 0) is 4.52 Å². The molecular formula is C7H10NO4P. The van der Waals surface area contributed by atoms with Gasteiger partial charge in [-0.15, -0.1) is 0 Å². The number of ether oxygens (including phenoxy) is 1. The van der Waals surface area contributed by atoms with Gasteiger partial charge in [0, 0.05) is 0 Å². The van der Waals surface area contributed by atoms with Gasteiger partial charge >= 0.3 is 8.60 Å². The van der Waals surface area contributed by atoms with E-state index in [1.807, 2.05) is 0 Å². The minimum absolute atomic E-state index is 0.229. The fourth-order valence-corrected chi connectivity index (χ4v) is 0.896. The van der Waals surface area contributed by atoms with Crippen LogP contribution in [0.25, 0.3) is 0 Å². The number of benzene rings is 1. The van der Waals surface area contributed by atoms with Gasteiger partial charge in [-0.25, -0.2) is 0 Å². The smallest absolute Gasteiger partial charge is 0.330 e. The highest BCUT2D eigenvalue weighted by Crippen LogP contribution is 2.25. The molecule has 0 saturated carbocycles. The van der Waals surface area contributed by atoms with Gasteiger partial charge in [-0.1, -0.05) is 12.1 Å². The molecule has 0 aliphatic heterocycles. The Labute approximate surface area is 76.7 Å². The number of rotatable bonds is 4. The van der Waals surface area contributed by atoms with Crippen molar-refractivity contribution in [2.45, 2.75) is 0 Å². The van der Waals surface area contributed by atoms with Gasteiger partial charge in [0.2, 0.25) is 0 Å². The first-order valence-corrected chi connectivity index (χ1v) is 4.65. The van der Waals surface area contributed by atoms with E-state index in [1.165, 1.54) is 0 Å². The minimum Gasteiger partial charge on any atom is -0.465 e. The topological polar surface area (TPSA) is 84.9 Å². The van der Waals surface area contributed by atoms with E-state index in [0.717, 1.165) is 0 Å². The number of para-hydroxylation sites is 2. The van der Waals surface area contributed by atoms with Crippen molar-refractivity contribution in [1.29, 1.82) is 0 Å². The highest BCUT2D eigenvalue weighted by molar-refractivity contribution is 7.39. The van der Waals surface area contributed by atoms with Gasteiger partial charge in [0.15, 0.2) is 6.79 Å². The van der Waals surface area contributed by atoms with Crippen LogP contribution in [0.5, 0.6) is 5.75 Å². The van der Waals surface area contributed by atoms with Crippen LogP contribution >= 0.6 is 8.60 Å². The molecule has 0 aromatic heterocycles. The molecule has 72 valence electrons. The molecule has 1 aromatic carbocycles. The first kappa shape index (κ1) is 10.2. The van der Waals surface area contributed by atoms with Gasteiger partial charge < -0.3 is 20.3 Å². The van der Waals surface area contributed by atoms with Crippen LogP contribution in [0.3, 0.4) is 0 Å². The maximum absolute atomic E-state index is 8.39. The molecule has 6 heteroatoms. The van der Waals surface area contributed by atoms with Crippen molar-refractivity contribution in [3.05, 3.63) is 24.3 Å². The van der Waals surface area contributed by atoms with Crippen molar-refractivity contribution in [3.8, 4) is 5.75 Å². The van der Waals surface area contributed by atoms with E-state index in [1.54, 1.807) is 24.3 Å². The van der Waals surface area contributed by atoms with Gasteiger partial charge in [-0.2, -0.15) is 0 Å². The predicted octanol–water partition coefficient (Wildman–Crippen LogP) is 0.833. The van der Waals surface area contributed by atoms with E-state index in [2.05, 4.69) is 4.52 Å². The zero-order valence-electron chi connectivity index (χ0n) is 6.75. The highest BCUT2D eigenvalue weighted by Gasteiger charge is 2.01. The molecule has 0 amide bonds. The largest absolute Gasteiger partial charge is 0.465 e. The monoisotopic (exact) mass is 203 g/mol. The molecule has 13 heavy (non-hydrogen) atoms. The molecule has 0 spiro atoms. The van der Waals surface area contributed by atoms with Crippen molar-refractivity contribution >= 4 is 14.3 Å². The van der Waals surface area contributed by atoms with Crippen molar-refractivity contribution in [2.75, 3.05) is 12.5 Å². The third-order valence-corrected chi connectivity index (χ3v) is 1.64. The van der Waals surface area contributed by atoms with Crippen molar-refractivity contribution in [3.63, 3.8) is 0 Å². The Kier molecular flexibility index (Phi) is 3.92. The summed E-state index contributed by atoms with van der Waals surface area (Å²) < 4.78 is 9.40. The summed E-state index contributed by atoms with van der Waals surface area (Å²) in [6.07, 6.45) is 0. The highest BCUT2D eigenvalue weighted by atomic mass is 31.2. The zero-order chi connectivity index (χ0) is 9.68. The molecule has 5 nitrogen and oxygen atoms in total. The summed E-state index contributed by atoms with van der Waals surface area (Å²) in [5.41, 5.74) is 6.02. The third kappa shape index (κ3) is 3.57. The van der Waals surface area contributed by atoms with Gasteiger partial charge in [-0.3, -0.25) is 4.52 Å². The SMILES string of the molecule is Nc1ccccc1OCOP(O)O. The first-order chi connectivity index (χ1) is 6.20. The summed E-state index contributed by atoms with van der Waals surface area (Å²) in [6.45, 7) is -0.229. The van der Waals surface area contributed by atoms with Gasteiger partial charge in [-0.05, 0) is 12.1 Å². The molecule has 0 saturated heterocycles. The molecule has 0 aliphatic carbocycles. The normalized spacial score (nSPS) is 10.4. The van der Waals surface area contributed by atoms with Crippen LogP contribution in [0.15, 0.2) is 24.3 Å². The minimum atomic E-state index is -2.37. The lowest BCUT2D eigenvalue weighted by Crippen LogP contribution is -2.01. The van der Waals surface area contributed by atoms with E-state index in [-0.39, 0.29) is 6.79 Å².